The van der Waals surface area contributed by atoms with E-state index in [-0.39, 0.29) is 10.6 Å². The van der Waals surface area contributed by atoms with Crippen LogP contribution in [0.2, 0.25) is 5.02 Å². The Bertz CT molecular complexity index is 612. The molecule has 0 radical (unpaired) electrons. The third kappa shape index (κ3) is 2.82. The molecule has 1 heterocycles. The fourth-order valence-corrected chi connectivity index (χ4v) is 1.55. The van der Waals surface area contributed by atoms with Crippen LogP contribution in [0, 0.1) is 12.7 Å². The summed E-state index contributed by atoms with van der Waals surface area (Å²) in [6.07, 6.45) is 0. The molecular formula is C11H9ClFN3O. The maximum Gasteiger partial charge on any atom is 0.252 e. The van der Waals surface area contributed by atoms with Crippen molar-refractivity contribution in [3.63, 3.8) is 0 Å². The lowest BCUT2D eigenvalue weighted by Gasteiger charge is -2.06. The van der Waals surface area contributed by atoms with E-state index in [1.165, 1.54) is 24.3 Å². The Morgan fingerprint density at radius 3 is 2.82 bits per heavy atom. The summed E-state index contributed by atoms with van der Waals surface area (Å²) in [5.74, 6) is 0.384. The van der Waals surface area contributed by atoms with Crippen LogP contribution in [-0.4, -0.2) is 9.97 Å². The van der Waals surface area contributed by atoms with Crippen LogP contribution < -0.4 is 10.9 Å². The van der Waals surface area contributed by atoms with Crippen molar-refractivity contribution in [2.24, 2.45) is 0 Å². The number of benzene rings is 1. The molecule has 2 rings (SSSR count). The van der Waals surface area contributed by atoms with Crippen LogP contribution >= 0.6 is 11.6 Å². The van der Waals surface area contributed by atoms with Crippen molar-refractivity contribution in [3.05, 3.63) is 51.3 Å². The minimum absolute atomic E-state index is 0.0107. The quantitative estimate of drug-likeness (QED) is 0.865. The molecule has 17 heavy (non-hydrogen) atoms. The highest BCUT2D eigenvalue weighted by atomic mass is 35.5. The van der Waals surface area contributed by atoms with Gasteiger partial charge in [0.05, 0.1) is 5.02 Å². The van der Waals surface area contributed by atoms with Crippen molar-refractivity contribution in [3.8, 4) is 0 Å². The number of aromatic amines is 1. The highest BCUT2D eigenvalue weighted by Crippen LogP contribution is 2.21. The number of halogens is 2. The molecule has 4 nitrogen and oxygen atoms in total. The molecule has 0 aliphatic rings. The first-order valence-electron chi connectivity index (χ1n) is 4.84. The maximum atomic E-state index is 12.9. The van der Waals surface area contributed by atoms with Gasteiger partial charge in [0.15, 0.2) is 0 Å². The van der Waals surface area contributed by atoms with Crippen LogP contribution in [-0.2, 0) is 0 Å². The van der Waals surface area contributed by atoms with E-state index in [1.54, 1.807) is 6.92 Å². The standard InChI is InChI=1S/C11H9ClFN3O/c1-6-14-10(5-11(17)15-6)16-7-2-3-9(13)8(12)4-7/h2-5H,1H3,(H2,14,15,16,17). The van der Waals surface area contributed by atoms with E-state index in [1.807, 2.05) is 0 Å². The first-order chi connectivity index (χ1) is 8.04. The van der Waals surface area contributed by atoms with Gasteiger partial charge < -0.3 is 10.3 Å². The van der Waals surface area contributed by atoms with Gasteiger partial charge in [0.25, 0.3) is 5.56 Å². The predicted molar refractivity (Wildman–Crippen MR) is 64.3 cm³/mol. The van der Waals surface area contributed by atoms with Crippen molar-refractivity contribution in [2.75, 3.05) is 5.32 Å². The van der Waals surface area contributed by atoms with Crippen molar-refractivity contribution in [1.29, 1.82) is 0 Å². The topological polar surface area (TPSA) is 57.8 Å². The Hall–Kier alpha value is -1.88. The number of aryl methyl sites for hydroxylation is 1. The Morgan fingerprint density at radius 1 is 1.41 bits per heavy atom. The summed E-state index contributed by atoms with van der Waals surface area (Å²) in [5, 5.41) is 2.88. The van der Waals surface area contributed by atoms with Crippen molar-refractivity contribution >= 4 is 23.1 Å². The van der Waals surface area contributed by atoms with Gasteiger partial charge in [0, 0.05) is 11.8 Å². The average molecular weight is 254 g/mol. The number of nitrogens with zero attached hydrogens (tertiary/aromatic N) is 1. The van der Waals surface area contributed by atoms with E-state index in [0.717, 1.165) is 0 Å². The minimum atomic E-state index is -0.493. The Morgan fingerprint density at radius 2 is 2.18 bits per heavy atom. The summed E-state index contributed by atoms with van der Waals surface area (Å²) in [4.78, 5) is 17.8. The molecule has 6 heteroatoms. The van der Waals surface area contributed by atoms with Crippen LogP contribution in [0.25, 0.3) is 0 Å². The van der Waals surface area contributed by atoms with E-state index >= 15 is 0 Å². The minimum Gasteiger partial charge on any atom is -0.340 e. The van der Waals surface area contributed by atoms with E-state index in [4.69, 9.17) is 11.6 Å². The zero-order chi connectivity index (χ0) is 12.4. The highest BCUT2D eigenvalue weighted by Gasteiger charge is 2.03. The van der Waals surface area contributed by atoms with Crippen molar-refractivity contribution in [2.45, 2.75) is 6.92 Å². The zero-order valence-electron chi connectivity index (χ0n) is 8.92. The average Bonchev–Trinajstić information content (AvgIpc) is 2.22. The Kier molecular flexibility index (Phi) is 3.10. The van der Waals surface area contributed by atoms with Gasteiger partial charge in [-0.25, -0.2) is 9.37 Å². The number of rotatable bonds is 2. The van der Waals surface area contributed by atoms with Crippen LogP contribution in [0.5, 0.6) is 0 Å². The molecule has 0 fully saturated rings. The first-order valence-corrected chi connectivity index (χ1v) is 5.22. The van der Waals surface area contributed by atoms with Crippen LogP contribution in [0.15, 0.2) is 29.1 Å². The van der Waals surface area contributed by atoms with Crippen LogP contribution in [0.1, 0.15) is 5.82 Å². The SMILES string of the molecule is Cc1nc(Nc2ccc(F)c(Cl)c2)cc(=O)[nH]1. The molecule has 0 unspecified atom stereocenters. The number of aromatic nitrogens is 2. The molecular weight excluding hydrogens is 245 g/mol. The van der Waals surface area contributed by atoms with Gasteiger partial charge in [-0.2, -0.15) is 0 Å². The number of H-pyrrole nitrogens is 1. The lowest BCUT2D eigenvalue weighted by atomic mass is 10.3. The molecule has 0 aliphatic carbocycles. The first kappa shape index (κ1) is 11.6. The van der Waals surface area contributed by atoms with Gasteiger partial charge in [-0.1, -0.05) is 11.6 Å². The fourth-order valence-electron chi connectivity index (χ4n) is 1.37. The largest absolute Gasteiger partial charge is 0.340 e. The van der Waals surface area contributed by atoms with E-state index in [9.17, 15) is 9.18 Å². The molecule has 0 atom stereocenters. The van der Waals surface area contributed by atoms with Gasteiger partial charge in [0.2, 0.25) is 0 Å². The highest BCUT2D eigenvalue weighted by molar-refractivity contribution is 6.31. The number of nitrogens with one attached hydrogen (secondary N) is 2. The van der Waals surface area contributed by atoms with E-state index in [0.29, 0.717) is 17.3 Å². The second kappa shape index (κ2) is 4.55. The predicted octanol–water partition coefficient (Wildman–Crippen LogP) is 2.61. The fraction of sp³-hybridized carbons (Fsp3) is 0.0909. The molecule has 0 spiro atoms. The third-order valence-corrected chi connectivity index (χ3v) is 2.34. The van der Waals surface area contributed by atoms with Crippen molar-refractivity contribution in [1.82, 2.24) is 9.97 Å². The van der Waals surface area contributed by atoms with Crippen LogP contribution in [0.4, 0.5) is 15.9 Å². The Labute approximate surface area is 101 Å². The Balaban J connectivity index is 2.31. The second-order valence-electron chi connectivity index (χ2n) is 3.47. The molecule has 1 aromatic heterocycles. The summed E-state index contributed by atoms with van der Waals surface area (Å²) in [6, 6.07) is 5.49. The molecule has 0 saturated heterocycles. The van der Waals surface area contributed by atoms with Gasteiger partial charge in [-0.3, -0.25) is 4.79 Å². The van der Waals surface area contributed by atoms with Crippen molar-refractivity contribution < 1.29 is 4.39 Å². The molecule has 0 bridgehead atoms. The smallest absolute Gasteiger partial charge is 0.252 e. The molecule has 88 valence electrons. The molecule has 0 saturated carbocycles. The molecule has 0 aliphatic heterocycles. The summed E-state index contributed by atoms with van der Waals surface area (Å²) in [7, 11) is 0. The summed E-state index contributed by atoms with van der Waals surface area (Å²) in [6.45, 7) is 1.67. The summed E-state index contributed by atoms with van der Waals surface area (Å²) < 4.78 is 12.9. The summed E-state index contributed by atoms with van der Waals surface area (Å²) in [5.41, 5.74) is 0.308. The molecule has 2 aromatic rings. The lowest BCUT2D eigenvalue weighted by molar-refractivity contribution is 0.628. The summed E-state index contributed by atoms with van der Waals surface area (Å²) >= 11 is 5.64. The maximum absolute atomic E-state index is 12.9. The normalized spacial score (nSPS) is 10.3. The zero-order valence-corrected chi connectivity index (χ0v) is 9.68. The number of hydrogen-bond donors (Lipinski definition) is 2. The molecule has 2 N–H and O–H groups in total. The molecule has 0 amide bonds. The van der Waals surface area contributed by atoms with Gasteiger partial charge >= 0.3 is 0 Å². The number of hydrogen-bond acceptors (Lipinski definition) is 3. The van der Waals surface area contributed by atoms with Gasteiger partial charge in [-0.05, 0) is 25.1 Å². The van der Waals surface area contributed by atoms with E-state index < -0.39 is 5.82 Å². The van der Waals surface area contributed by atoms with Crippen LogP contribution in [0.3, 0.4) is 0 Å². The van der Waals surface area contributed by atoms with Gasteiger partial charge in [-0.15, -0.1) is 0 Å². The number of anilines is 2. The van der Waals surface area contributed by atoms with E-state index in [2.05, 4.69) is 15.3 Å². The third-order valence-electron chi connectivity index (χ3n) is 2.05. The second-order valence-corrected chi connectivity index (χ2v) is 3.88. The van der Waals surface area contributed by atoms with Gasteiger partial charge in [0.1, 0.15) is 17.5 Å². The lowest BCUT2D eigenvalue weighted by Crippen LogP contribution is -2.09. The molecule has 1 aromatic carbocycles. The monoisotopic (exact) mass is 253 g/mol.